The van der Waals surface area contributed by atoms with Crippen molar-refractivity contribution in [2.24, 2.45) is 0 Å². The normalized spacial score (nSPS) is 23.1. The fraction of sp³-hybridized carbons (Fsp3) is 0.529. The van der Waals surface area contributed by atoms with Gasteiger partial charge in [-0.05, 0) is 26.3 Å². The quantitative estimate of drug-likeness (QED) is 0.565. The van der Waals surface area contributed by atoms with Crippen LogP contribution in [0.2, 0.25) is 0 Å². The number of nitrogens with one attached hydrogen (secondary N) is 2. The molecule has 0 aliphatic heterocycles. The highest BCUT2D eigenvalue weighted by molar-refractivity contribution is 5.90. The summed E-state index contributed by atoms with van der Waals surface area (Å²) in [6, 6.07) is 9.67. The van der Waals surface area contributed by atoms with Crippen LogP contribution in [0.3, 0.4) is 0 Å². The number of hydrogen-bond donors (Lipinski definition) is 3. The van der Waals surface area contributed by atoms with Gasteiger partial charge in [0.1, 0.15) is 11.1 Å². The Morgan fingerprint density at radius 2 is 1.88 bits per heavy atom. The molecule has 1 aromatic rings. The maximum Gasteiger partial charge on any atom is 0.408 e. The molecule has 7 heteroatoms. The van der Waals surface area contributed by atoms with Gasteiger partial charge in [-0.2, -0.15) is 0 Å². The van der Waals surface area contributed by atoms with E-state index in [1.54, 1.807) is 26.3 Å². The van der Waals surface area contributed by atoms with Crippen LogP contribution in [0.5, 0.6) is 0 Å². The molecule has 0 saturated heterocycles. The number of hydroxylamine groups is 1. The molecule has 1 aromatic carbocycles. The lowest BCUT2D eigenvalue weighted by Gasteiger charge is -2.45. The van der Waals surface area contributed by atoms with Crippen LogP contribution in [0.1, 0.15) is 39.2 Å². The molecule has 7 nitrogen and oxygen atoms in total. The molecule has 1 aliphatic rings. The lowest BCUT2D eigenvalue weighted by Crippen LogP contribution is -2.67. The van der Waals surface area contributed by atoms with Crippen LogP contribution in [-0.2, 0) is 20.9 Å². The summed E-state index contributed by atoms with van der Waals surface area (Å²) in [5.74, 6) is -0.673. The zero-order valence-corrected chi connectivity index (χ0v) is 14.2. The summed E-state index contributed by atoms with van der Waals surface area (Å²) in [6.07, 6.45) is -0.346. The lowest BCUT2D eigenvalue weighted by molar-refractivity contribution is -0.149. The number of carbonyl (C=O) groups is 2. The Kier molecular flexibility index (Phi) is 5.46. The molecule has 0 radical (unpaired) electrons. The van der Waals surface area contributed by atoms with Crippen molar-refractivity contribution in [1.29, 1.82) is 0 Å². The van der Waals surface area contributed by atoms with Crippen molar-refractivity contribution in [3.8, 4) is 0 Å². The highest BCUT2D eigenvalue weighted by atomic mass is 16.6. The molecule has 1 aliphatic carbocycles. The van der Waals surface area contributed by atoms with E-state index in [1.165, 1.54) is 0 Å². The smallest absolute Gasteiger partial charge is 0.408 e. The third-order valence-electron chi connectivity index (χ3n) is 3.76. The average molecular weight is 336 g/mol. The van der Waals surface area contributed by atoms with E-state index in [9.17, 15) is 9.59 Å². The van der Waals surface area contributed by atoms with E-state index in [1.807, 2.05) is 30.3 Å². The van der Waals surface area contributed by atoms with Gasteiger partial charge in [-0.1, -0.05) is 30.3 Å². The Hall–Kier alpha value is -2.12. The van der Waals surface area contributed by atoms with Gasteiger partial charge < -0.3 is 14.8 Å². The Balaban J connectivity index is 1.90. The van der Waals surface area contributed by atoms with Crippen molar-refractivity contribution in [2.45, 2.75) is 57.5 Å². The number of amides is 2. The van der Waals surface area contributed by atoms with Crippen LogP contribution in [-0.4, -0.2) is 34.5 Å². The maximum absolute atomic E-state index is 11.9. The summed E-state index contributed by atoms with van der Waals surface area (Å²) in [7, 11) is 0. The van der Waals surface area contributed by atoms with Gasteiger partial charge in [-0.3, -0.25) is 10.0 Å². The topological polar surface area (TPSA) is 96.9 Å². The van der Waals surface area contributed by atoms with Gasteiger partial charge in [-0.15, -0.1) is 0 Å². The van der Waals surface area contributed by atoms with Crippen molar-refractivity contribution in [3.05, 3.63) is 35.9 Å². The third-order valence-corrected chi connectivity index (χ3v) is 3.76. The van der Waals surface area contributed by atoms with Gasteiger partial charge in [0, 0.05) is 12.8 Å². The zero-order valence-electron chi connectivity index (χ0n) is 14.2. The van der Waals surface area contributed by atoms with Crippen LogP contribution in [0, 0.1) is 0 Å². The van der Waals surface area contributed by atoms with Crippen molar-refractivity contribution in [1.82, 2.24) is 10.8 Å². The first-order valence-electron chi connectivity index (χ1n) is 7.85. The van der Waals surface area contributed by atoms with E-state index in [4.69, 9.17) is 14.7 Å². The molecule has 0 atom stereocenters. The highest BCUT2D eigenvalue weighted by Crippen LogP contribution is 2.35. The molecule has 0 heterocycles. The molecule has 1 fully saturated rings. The van der Waals surface area contributed by atoms with Gasteiger partial charge in [-0.25, -0.2) is 10.3 Å². The summed E-state index contributed by atoms with van der Waals surface area (Å²) in [5, 5.41) is 11.5. The van der Waals surface area contributed by atoms with Crippen molar-refractivity contribution < 1.29 is 24.3 Å². The summed E-state index contributed by atoms with van der Waals surface area (Å²) >= 11 is 0. The molecule has 0 aromatic heterocycles. The SMILES string of the molecule is CC(C)(C)OC(=O)NC1(C(=O)NO)CC(OCc2ccccc2)C1. The monoisotopic (exact) mass is 336 g/mol. The van der Waals surface area contributed by atoms with Crippen LogP contribution < -0.4 is 10.8 Å². The largest absolute Gasteiger partial charge is 0.444 e. The van der Waals surface area contributed by atoms with Crippen LogP contribution in [0.4, 0.5) is 4.79 Å². The van der Waals surface area contributed by atoms with Crippen molar-refractivity contribution >= 4 is 12.0 Å². The summed E-state index contributed by atoms with van der Waals surface area (Å²) in [4.78, 5) is 23.9. The van der Waals surface area contributed by atoms with E-state index in [-0.39, 0.29) is 18.9 Å². The Morgan fingerprint density at radius 1 is 1.25 bits per heavy atom. The van der Waals surface area contributed by atoms with Crippen molar-refractivity contribution in [3.63, 3.8) is 0 Å². The van der Waals surface area contributed by atoms with Crippen molar-refractivity contribution in [2.75, 3.05) is 0 Å². The number of carbonyl (C=O) groups excluding carboxylic acids is 2. The molecule has 2 rings (SSSR count). The number of hydrogen-bond acceptors (Lipinski definition) is 5. The van der Waals surface area contributed by atoms with Crippen LogP contribution in [0.25, 0.3) is 0 Å². The Labute approximate surface area is 141 Å². The molecule has 0 unspecified atom stereocenters. The molecular weight excluding hydrogens is 312 g/mol. The Bertz CT molecular complexity index is 576. The third kappa shape index (κ3) is 4.69. The summed E-state index contributed by atoms with van der Waals surface area (Å²) < 4.78 is 10.9. The number of rotatable bonds is 5. The maximum atomic E-state index is 11.9. The average Bonchev–Trinajstić information content (AvgIpc) is 2.47. The number of ether oxygens (including phenoxy) is 2. The number of benzene rings is 1. The minimum atomic E-state index is -1.21. The van der Waals surface area contributed by atoms with E-state index < -0.39 is 23.1 Å². The van der Waals surface area contributed by atoms with Gasteiger partial charge in [0.2, 0.25) is 0 Å². The first-order valence-corrected chi connectivity index (χ1v) is 7.85. The Morgan fingerprint density at radius 3 is 2.42 bits per heavy atom. The standard InChI is InChI=1S/C17H24N2O5/c1-16(2,3)24-15(21)18-17(14(20)19-22)9-13(10-17)23-11-12-7-5-4-6-8-12/h4-8,13,22H,9-11H2,1-3H3,(H,18,21)(H,19,20). The van der Waals surface area contributed by atoms with E-state index in [2.05, 4.69) is 5.32 Å². The number of alkyl carbamates (subject to hydrolysis) is 1. The zero-order chi connectivity index (χ0) is 17.8. The second-order valence-electron chi connectivity index (χ2n) is 6.98. The molecule has 1 saturated carbocycles. The second kappa shape index (κ2) is 7.19. The van der Waals surface area contributed by atoms with Gasteiger partial charge in [0.15, 0.2) is 0 Å². The summed E-state index contributed by atoms with van der Waals surface area (Å²) in [6.45, 7) is 5.63. The second-order valence-corrected chi connectivity index (χ2v) is 6.98. The predicted molar refractivity (Wildman–Crippen MR) is 86.3 cm³/mol. The van der Waals surface area contributed by atoms with Crippen LogP contribution in [0.15, 0.2) is 30.3 Å². The summed E-state index contributed by atoms with van der Waals surface area (Å²) in [5.41, 5.74) is 0.752. The van der Waals surface area contributed by atoms with Crippen LogP contribution >= 0.6 is 0 Å². The van der Waals surface area contributed by atoms with Gasteiger partial charge in [0.05, 0.1) is 12.7 Å². The highest BCUT2D eigenvalue weighted by Gasteiger charge is 2.52. The minimum absolute atomic E-state index is 0.183. The fourth-order valence-corrected chi connectivity index (χ4v) is 2.57. The minimum Gasteiger partial charge on any atom is -0.444 e. The van der Waals surface area contributed by atoms with E-state index in [0.717, 1.165) is 5.56 Å². The molecule has 24 heavy (non-hydrogen) atoms. The molecule has 3 N–H and O–H groups in total. The van der Waals surface area contributed by atoms with E-state index >= 15 is 0 Å². The van der Waals surface area contributed by atoms with Gasteiger partial charge in [0.25, 0.3) is 5.91 Å². The lowest BCUT2D eigenvalue weighted by atomic mass is 9.73. The van der Waals surface area contributed by atoms with Gasteiger partial charge >= 0.3 is 6.09 Å². The fourth-order valence-electron chi connectivity index (χ4n) is 2.57. The molecule has 0 spiro atoms. The predicted octanol–water partition coefficient (Wildman–Crippen LogP) is 2.13. The van der Waals surface area contributed by atoms with E-state index in [0.29, 0.717) is 6.61 Å². The molecular formula is C17H24N2O5. The molecule has 0 bridgehead atoms. The molecule has 132 valence electrons. The first-order chi connectivity index (χ1) is 11.2. The molecule has 2 amide bonds. The first kappa shape index (κ1) is 18.2.